The number of nitrogens with one attached hydrogen (secondary N) is 1. The van der Waals surface area contributed by atoms with Crippen LogP contribution >= 0.6 is 0 Å². The first-order valence-corrected chi connectivity index (χ1v) is 7.30. The molecular formula is C14H24N4. The van der Waals surface area contributed by atoms with Crippen LogP contribution in [0.4, 0.5) is 5.95 Å². The Morgan fingerprint density at radius 3 is 2.94 bits per heavy atom. The number of hydrogen-bond acceptors (Lipinski definition) is 3. The summed E-state index contributed by atoms with van der Waals surface area (Å²) in [5.74, 6) is 1.07. The van der Waals surface area contributed by atoms with Crippen molar-refractivity contribution in [2.45, 2.75) is 58.2 Å². The van der Waals surface area contributed by atoms with Crippen molar-refractivity contribution in [3.63, 3.8) is 0 Å². The highest BCUT2D eigenvalue weighted by atomic mass is 15.3. The first kappa shape index (κ1) is 12.0. The van der Waals surface area contributed by atoms with Gasteiger partial charge in [-0.25, -0.2) is 4.98 Å². The molecule has 1 saturated carbocycles. The van der Waals surface area contributed by atoms with Crippen LogP contribution in [0.5, 0.6) is 0 Å². The van der Waals surface area contributed by atoms with Crippen LogP contribution in [0.25, 0.3) is 0 Å². The number of nitrogens with zero attached hydrogens (tertiary/aromatic N) is 3. The van der Waals surface area contributed by atoms with Crippen LogP contribution in [-0.4, -0.2) is 39.6 Å². The molecule has 18 heavy (non-hydrogen) atoms. The molecule has 1 aliphatic carbocycles. The van der Waals surface area contributed by atoms with Crippen LogP contribution in [0.2, 0.25) is 0 Å². The van der Waals surface area contributed by atoms with Gasteiger partial charge in [0.05, 0.1) is 5.69 Å². The zero-order valence-electron chi connectivity index (χ0n) is 11.5. The van der Waals surface area contributed by atoms with Gasteiger partial charge in [-0.3, -0.25) is 4.90 Å². The summed E-state index contributed by atoms with van der Waals surface area (Å²) in [6.45, 7) is 7.80. The molecule has 0 spiro atoms. The summed E-state index contributed by atoms with van der Waals surface area (Å²) in [6.07, 6.45) is 7.39. The normalized spacial score (nSPS) is 24.7. The topological polar surface area (TPSA) is 33.1 Å². The third-order valence-corrected chi connectivity index (χ3v) is 3.98. The highest BCUT2D eigenvalue weighted by Crippen LogP contribution is 2.30. The summed E-state index contributed by atoms with van der Waals surface area (Å²) >= 11 is 0. The van der Waals surface area contributed by atoms with E-state index in [0.717, 1.165) is 30.6 Å². The first-order valence-electron chi connectivity index (χ1n) is 7.30. The van der Waals surface area contributed by atoms with Crippen LogP contribution < -0.4 is 5.32 Å². The lowest BCUT2D eigenvalue weighted by Crippen LogP contribution is -2.28. The molecule has 4 heteroatoms. The van der Waals surface area contributed by atoms with E-state index in [1.807, 2.05) is 0 Å². The fourth-order valence-electron chi connectivity index (χ4n) is 2.93. The van der Waals surface area contributed by atoms with Crippen molar-refractivity contribution in [3.8, 4) is 0 Å². The van der Waals surface area contributed by atoms with Gasteiger partial charge in [0, 0.05) is 37.9 Å². The van der Waals surface area contributed by atoms with Gasteiger partial charge in [0.15, 0.2) is 0 Å². The molecule has 1 aromatic heterocycles. The largest absolute Gasteiger partial charge is 0.352 e. The van der Waals surface area contributed by atoms with Gasteiger partial charge in [0.2, 0.25) is 5.95 Å². The quantitative estimate of drug-likeness (QED) is 0.867. The van der Waals surface area contributed by atoms with Gasteiger partial charge in [-0.05, 0) is 32.6 Å². The van der Waals surface area contributed by atoms with Gasteiger partial charge in [-0.1, -0.05) is 6.92 Å². The molecule has 1 saturated heterocycles. The summed E-state index contributed by atoms with van der Waals surface area (Å²) in [7, 11) is 0. The van der Waals surface area contributed by atoms with Gasteiger partial charge >= 0.3 is 0 Å². The number of hydrogen-bond donors (Lipinski definition) is 1. The van der Waals surface area contributed by atoms with Crippen LogP contribution in [-0.2, 0) is 6.54 Å². The second kappa shape index (κ2) is 4.92. The van der Waals surface area contributed by atoms with Crippen molar-refractivity contribution in [3.05, 3.63) is 11.9 Å². The van der Waals surface area contributed by atoms with Crippen molar-refractivity contribution in [2.24, 2.45) is 0 Å². The summed E-state index contributed by atoms with van der Waals surface area (Å²) in [6, 6.07) is 1.48. The molecule has 0 bridgehead atoms. The van der Waals surface area contributed by atoms with Gasteiger partial charge < -0.3 is 9.88 Å². The minimum atomic E-state index is 0.586. The molecular weight excluding hydrogens is 224 g/mol. The Labute approximate surface area is 109 Å². The summed E-state index contributed by atoms with van der Waals surface area (Å²) < 4.78 is 2.26. The molecule has 2 aliphatic rings. The molecule has 4 nitrogen and oxygen atoms in total. The maximum atomic E-state index is 4.61. The minimum Gasteiger partial charge on any atom is -0.352 e. The van der Waals surface area contributed by atoms with E-state index in [4.69, 9.17) is 0 Å². The standard InChI is InChI=1S/C14H24N4/c1-3-7-18-9-11(2)15-14(18)16-12-6-8-17(10-12)13-4-5-13/h9,12-13H,3-8,10H2,1-2H3,(H,15,16). The Balaban J connectivity index is 1.61. The predicted octanol–water partition coefficient (Wildman–Crippen LogP) is 2.25. The fourth-order valence-corrected chi connectivity index (χ4v) is 2.93. The molecule has 1 N–H and O–H groups in total. The second-order valence-corrected chi connectivity index (χ2v) is 5.76. The van der Waals surface area contributed by atoms with E-state index in [9.17, 15) is 0 Å². The molecule has 1 aliphatic heterocycles. The van der Waals surface area contributed by atoms with Crippen molar-refractivity contribution in [2.75, 3.05) is 18.4 Å². The van der Waals surface area contributed by atoms with Gasteiger partial charge in [-0.15, -0.1) is 0 Å². The molecule has 1 unspecified atom stereocenters. The Bertz CT molecular complexity index is 408. The Morgan fingerprint density at radius 1 is 1.39 bits per heavy atom. The Kier molecular flexibility index (Phi) is 3.29. The Hall–Kier alpha value is -1.03. The second-order valence-electron chi connectivity index (χ2n) is 5.76. The van der Waals surface area contributed by atoms with Crippen LogP contribution in [0.15, 0.2) is 6.20 Å². The maximum Gasteiger partial charge on any atom is 0.203 e. The van der Waals surface area contributed by atoms with E-state index >= 15 is 0 Å². The van der Waals surface area contributed by atoms with Crippen LogP contribution in [0, 0.1) is 6.92 Å². The zero-order valence-corrected chi connectivity index (χ0v) is 11.5. The van der Waals surface area contributed by atoms with Crippen molar-refractivity contribution >= 4 is 5.95 Å². The van der Waals surface area contributed by atoms with Crippen LogP contribution in [0.3, 0.4) is 0 Å². The SMILES string of the molecule is CCCn1cc(C)nc1NC1CCN(C2CC2)C1. The third kappa shape index (κ3) is 2.53. The van der Waals surface area contributed by atoms with E-state index < -0.39 is 0 Å². The van der Waals surface area contributed by atoms with Crippen molar-refractivity contribution in [1.29, 1.82) is 0 Å². The molecule has 2 fully saturated rings. The molecule has 0 radical (unpaired) electrons. The summed E-state index contributed by atoms with van der Waals surface area (Å²) in [4.78, 5) is 7.25. The van der Waals surface area contributed by atoms with E-state index in [2.05, 4.69) is 39.8 Å². The van der Waals surface area contributed by atoms with E-state index in [1.165, 1.54) is 32.4 Å². The monoisotopic (exact) mass is 248 g/mol. The number of aromatic nitrogens is 2. The third-order valence-electron chi connectivity index (χ3n) is 3.98. The zero-order chi connectivity index (χ0) is 12.5. The maximum absolute atomic E-state index is 4.61. The van der Waals surface area contributed by atoms with Crippen LogP contribution in [0.1, 0.15) is 38.3 Å². The molecule has 100 valence electrons. The highest BCUT2D eigenvalue weighted by Gasteiger charge is 2.34. The number of imidazole rings is 1. The lowest BCUT2D eigenvalue weighted by atomic mass is 10.3. The number of aryl methyl sites for hydroxylation is 2. The molecule has 0 amide bonds. The highest BCUT2D eigenvalue weighted by molar-refractivity contribution is 5.31. The molecule has 1 atom stereocenters. The number of likely N-dealkylation sites (tertiary alicyclic amines) is 1. The lowest BCUT2D eigenvalue weighted by molar-refractivity contribution is 0.326. The minimum absolute atomic E-state index is 0.586. The van der Waals surface area contributed by atoms with Gasteiger partial charge in [0.1, 0.15) is 0 Å². The average molecular weight is 248 g/mol. The van der Waals surface area contributed by atoms with E-state index in [1.54, 1.807) is 0 Å². The predicted molar refractivity (Wildman–Crippen MR) is 73.9 cm³/mol. The summed E-state index contributed by atoms with van der Waals surface area (Å²) in [5, 5.41) is 3.64. The molecule has 3 rings (SSSR count). The number of anilines is 1. The average Bonchev–Trinajstić information content (AvgIpc) is 3.00. The number of rotatable bonds is 5. The van der Waals surface area contributed by atoms with Crippen molar-refractivity contribution < 1.29 is 0 Å². The molecule has 1 aromatic rings. The summed E-state index contributed by atoms with van der Waals surface area (Å²) in [5.41, 5.74) is 1.11. The smallest absolute Gasteiger partial charge is 0.203 e. The lowest BCUT2D eigenvalue weighted by Gasteiger charge is -2.16. The first-order chi connectivity index (χ1) is 8.76. The van der Waals surface area contributed by atoms with Gasteiger partial charge in [0.25, 0.3) is 0 Å². The van der Waals surface area contributed by atoms with E-state index in [-0.39, 0.29) is 0 Å². The van der Waals surface area contributed by atoms with E-state index in [0.29, 0.717) is 6.04 Å². The molecule has 0 aromatic carbocycles. The Morgan fingerprint density at radius 2 is 2.22 bits per heavy atom. The fraction of sp³-hybridized carbons (Fsp3) is 0.786. The van der Waals surface area contributed by atoms with Crippen molar-refractivity contribution in [1.82, 2.24) is 14.5 Å². The van der Waals surface area contributed by atoms with Gasteiger partial charge in [-0.2, -0.15) is 0 Å². The molecule has 2 heterocycles.